The average molecular weight is 221 g/mol. The first kappa shape index (κ1) is 13.0. The molecular weight excluding hydrogens is 198 g/mol. The second kappa shape index (κ2) is 7.23. The van der Waals surface area contributed by atoms with Gasteiger partial charge in [-0.25, -0.2) is 4.98 Å². The molecule has 1 saturated heterocycles. The average Bonchev–Trinajstić information content (AvgIpc) is 2.84. The number of aromatic nitrogens is 1. The monoisotopic (exact) mass is 221 g/mol. The van der Waals surface area contributed by atoms with Crippen molar-refractivity contribution in [2.75, 3.05) is 32.1 Å². The Morgan fingerprint density at radius 1 is 1.25 bits per heavy atom. The summed E-state index contributed by atoms with van der Waals surface area (Å²) in [5.74, 6) is 1.16. The quantitative estimate of drug-likeness (QED) is 0.829. The molecule has 3 heteroatoms. The second-order valence-corrected chi connectivity index (χ2v) is 4.03. The number of anilines is 1. The Hall–Kier alpha value is -1.09. The van der Waals surface area contributed by atoms with Gasteiger partial charge in [0.1, 0.15) is 5.82 Å². The summed E-state index contributed by atoms with van der Waals surface area (Å²) >= 11 is 0. The lowest BCUT2D eigenvalue weighted by Gasteiger charge is -2.16. The molecular formula is C13H23N3. The van der Waals surface area contributed by atoms with E-state index in [1.54, 1.807) is 0 Å². The van der Waals surface area contributed by atoms with E-state index in [2.05, 4.69) is 40.3 Å². The van der Waals surface area contributed by atoms with Crippen LogP contribution in [0.2, 0.25) is 0 Å². The molecule has 2 rings (SSSR count). The molecule has 0 spiro atoms. The summed E-state index contributed by atoms with van der Waals surface area (Å²) in [4.78, 5) is 6.97. The van der Waals surface area contributed by atoms with Crippen molar-refractivity contribution < 1.29 is 0 Å². The Balaban J connectivity index is 0.000000386. The van der Waals surface area contributed by atoms with Crippen LogP contribution in [0.15, 0.2) is 18.2 Å². The predicted molar refractivity (Wildman–Crippen MR) is 70.0 cm³/mol. The maximum Gasteiger partial charge on any atom is 0.128 e. The minimum Gasteiger partial charge on any atom is -0.357 e. The van der Waals surface area contributed by atoms with Crippen LogP contribution < -0.4 is 10.2 Å². The molecule has 1 aliphatic rings. The van der Waals surface area contributed by atoms with Crippen LogP contribution >= 0.6 is 0 Å². The van der Waals surface area contributed by atoms with Gasteiger partial charge in [-0.3, -0.25) is 0 Å². The molecule has 0 aliphatic carbocycles. The largest absolute Gasteiger partial charge is 0.357 e. The molecule has 0 atom stereocenters. The smallest absolute Gasteiger partial charge is 0.128 e. The number of aryl methyl sites for hydroxylation is 1. The Morgan fingerprint density at radius 2 is 1.88 bits per heavy atom. The summed E-state index contributed by atoms with van der Waals surface area (Å²) < 4.78 is 0. The van der Waals surface area contributed by atoms with Gasteiger partial charge in [-0.2, -0.15) is 0 Å². The molecule has 1 aromatic rings. The van der Waals surface area contributed by atoms with Gasteiger partial charge in [-0.15, -0.1) is 0 Å². The van der Waals surface area contributed by atoms with Gasteiger partial charge in [0, 0.05) is 18.8 Å². The molecule has 0 amide bonds. The van der Waals surface area contributed by atoms with E-state index in [9.17, 15) is 0 Å². The molecule has 1 fully saturated rings. The number of hydrogen-bond acceptors (Lipinski definition) is 3. The fourth-order valence-corrected chi connectivity index (χ4v) is 1.79. The van der Waals surface area contributed by atoms with Crippen LogP contribution in [0, 0.1) is 0 Å². The zero-order valence-corrected chi connectivity index (χ0v) is 10.7. The van der Waals surface area contributed by atoms with E-state index in [-0.39, 0.29) is 0 Å². The van der Waals surface area contributed by atoms with E-state index in [1.807, 2.05) is 14.1 Å². The highest BCUT2D eigenvalue weighted by Crippen LogP contribution is 2.17. The predicted octanol–water partition coefficient (Wildman–Crippen LogP) is 2.08. The first-order valence-electron chi connectivity index (χ1n) is 6.11. The topological polar surface area (TPSA) is 28.2 Å². The maximum absolute atomic E-state index is 4.60. The highest BCUT2D eigenvalue weighted by Gasteiger charge is 2.12. The molecule has 90 valence electrons. The molecule has 0 aromatic carbocycles. The van der Waals surface area contributed by atoms with Crippen molar-refractivity contribution in [1.29, 1.82) is 0 Å². The van der Waals surface area contributed by atoms with Gasteiger partial charge in [0.25, 0.3) is 0 Å². The number of pyridine rings is 1. The molecule has 1 aliphatic heterocycles. The highest BCUT2D eigenvalue weighted by atomic mass is 15.2. The second-order valence-electron chi connectivity index (χ2n) is 4.03. The van der Waals surface area contributed by atoms with Gasteiger partial charge >= 0.3 is 0 Å². The number of nitrogens with zero attached hydrogens (tertiary/aromatic N) is 2. The highest BCUT2D eigenvalue weighted by molar-refractivity contribution is 5.40. The van der Waals surface area contributed by atoms with Crippen LogP contribution in [-0.4, -0.2) is 32.2 Å². The molecule has 0 radical (unpaired) electrons. The molecule has 16 heavy (non-hydrogen) atoms. The summed E-state index contributed by atoms with van der Waals surface area (Å²) in [6.07, 6.45) is 3.66. The minimum absolute atomic E-state index is 1.03. The van der Waals surface area contributed by atoms with Crippen molar-refractivity contribution >= 4 is 5.82 Å². The van der Waals surface area contributed by atoms with Gasteiger partial charge in [0.05, 0.1) is 0 Å². The van der Waals surface area contributed by atoms with Gasteiger partial charge in [-0.05, 0) is 45.5 Å². The van der Waals surface area contributed by atoms with Crippen LogP contribution in [-0.2, 0) is 6.42 Å². The van der Waals surface area contributed by atoms with E-state index >= 15 is 0 Å². The molecule has 2 heterocycles. The number of hydrogen-bond donors (Lipinski definition) is 1. The fraction of sp³-hybridized carbons (Fsp3) is 0.615. The zero-order valence-electron chi connectivity index (χ0n) is 10.7. The SMILES string of the molecule is CCc1cccc(N2CCCC2)n1.CNC. The molecule has 1 aromatic heterocycles. The van der Waals surface area contributed by atoms with Crippen LogP contribution in [0.1, 0.15) is 25.5 Å². The van der Waals surface area contributed by atoms with Crippen molar-refractivity contribution in [3.8, 4) is 0 Å². The summed E-state index contributed by atoms with van der Waals surface area (Å²) in [6, 6.07) is 6.32. The van der Waals surface area contributed by atoms with Crippen LogP contribution in [0.5, 0.6) is 0 Å². The lowest BCUT2D eigenvalue weighted by atomic mass is 10.3. The van der Waals surface area contributed by atoms with Crippen molar-refractivity contribution in [2.24, 2.45) is 0 Å². The summed E-state index contributed by atoms with van der Waals surface area (Å²) in [5, 5.41) is 2.75. The van der Waals surface area contributed by atoms with E-state index in [1.165, 1.54) is 31.6 Å². The first-order valence-corrected chi connectivity index (χ1v) is 6.11. The van der Waals surface area contributed by atoms with Gasteiger partial charge < -0.3 is 10.2 Å². The van der Waals surface area contributed by atoms with Crippen LogP contribution in [0.3, 0.4) is 0 Å². The molecule has 1 N–H and O–H groups in total. The Morgan fingerprint density at radius 3 is 2.44 bits per heavy atom. The van der Waals surface area contributed by atoms with E-state index < -0.39 is 0 Å². The zero-order chi connectivity index (χ0) is 11.8. The van der Waals surface area contributed by atoms with Gasteiger partial charge in [-0.1, -0.05) is 13.0 Å². The summed E-state index contributed by atoms with van der Waals surface area (Å²) in [5.41, 5.74) is 1.20. The van der Waals surface area contributed by atoms with E-state index in [4.69, 9.17) is 0 Å². The van der Waals surface area contributed by atoms with Crippen molar-refractivity contribution in [3.63, 3.8) is 0 Å². The number of rotatable bonds is 2. The summed E-state index contributed by atoms with van der Waals surface area (Å²) in [7, 11) is 3.75. The van der Waals surface area contributed by atoms with Crippen LogP contribution in [0.25, 0.3) is 0 Å². The Kier molecular flexibility index (Phi) is 5.86. The third-order valence-corrected chi connectivity index (χ3v) is 2.58. The van der Waals surface area contributed by atoms with Crippen LogP contribution in [0.4, 0.5) is 5.82 Å². The third-order valence-electron chi connectivity index (χ3n) is 2.58. The van der Waals surface area contributed by atoms with Gasteiger partial charge in [0.15, 0.2) is 0 Å². The molecule has 0 bridgehead atoms. The minimum atomic E-state index is 1.03. The Labute approximate surface area is 98.9 Å². The first-order chi connectivity index (χ1) is 7.81. The number of nitrogens with one attached hydrogen (secondary N) is 1. The van der Waals surface area contributed by atoms with Crippen molar-refractivity contribution in [1.82, 2.24) is 10.3 Å². The standard InChI is InChI=1S/C11H16N2.C2H7N/c1-2-10-6-5-7-11(12-10)13-8-3-4-9-13;1-3-2/h5-7H,2-4,8-9H2,1H3;3H,1-2H3. The van der Waals surface area contributed by atoms with Crippen molar-refractivity contribution in [2.45, 2.75) is 26.2 Å². The Bertz CT molecular complexity index is 293. The third kappa shape index (κ3) is 3.81. The summed E-state index contributed by atoms with van der Waals surface area (Å²) in [6.45, 7) is 4.51. The van der Waals surface area contributed by atoms with E-state index in [0.29, 0.717) is 0 Å². The maximum atomic E-state index is 4.60. The fourth-order valence-electron chi connectivity index (χ4n) is 1.79. The normalized spacial score (nSPS) is 14.6. The molecule has 0 unspecified atom stereocenters. The lowest BCUT2D eigenvalue weighted by Crippen LogP contribution is -2.19. The van der Waals surface area contributed by atoms with Crippen molar-refractivity contribution in [3.05, 3.63) is 23.9 Å². The molecule has 3 nitrogen and oxygen atoms in total. The van der Waals surface area contributed by atoms with E-state index in [0.717, 1.165) is 12.2 Å². The molecule has 0 saturated carbocycles. The van der Waals surface area contributed by atoms with Gasteiger partial charge in [0.2, 0.25) is 0 Å². The lowest BCUT2D eigenvalue weighted by molar-refractivity contribution is 0.914.